The van der Waals surface area contributed by atoms with Crippen LogP contribution in [0.1, 0.15) is 102 Å². The number of aliphatic hydroxyl groups is 2. The predicted octanol–water partition coefficient (Wildman–Crippen LogP) is 5.91. The zero-order valence-corrected chi connectivity index (χ0v) is 45.0. The molecule has 7 rings (SSSR count). The molecule has 17 nitrogen and oxygen atoms in total. The molecule has 4 heterocycles. The van der Waals surface area contributed by atoms with E-state index in [-0.39, 0.29) is 62.9 Å². The molecule has 73 heavy (non-hydrogen) atoms. The molecule has 2 aliphatic heterocycles. The van der Waals surface area contributed by atoms with E-state index in [4.69, 9.17) is 26.1 Å². The lowest BCUT2D eigenvalue weighted by atomic mass is 9.49. The number of likely N-dealkylation sites (tertiary alicyclic amines) is 1. The molecule has 0 bridgehead atoms. The second-order valence-corrected chi connectivity index (χ2v) is 23.3. The van der Waals surface area contributed by atoms with Gasteiger partial charge in [0.05, 0.1) is 57.6 Å². The third kappa shape index (κ3) is 12.1. The Morgan fingerprint density at radius 1 is 0.973 bits per heavy atom. The average Bonchev–Trinajstić information content (AvgIpc) is 3.97. The summed E-state index contributed by atoms with van der Waals surface area (Å²) in [5.41, 5.74) is 3.60. The molecule has 3 fully saturated rings. The number of piperazine rings is 1. The van der Waals surface area contributed by atoms with Crippen molar-refractivity contribution in [1.29, 1.82) is 5.26 Å². The number of hydrogen-bond acceptors (Lipinski definition) is 14. The molecule has 0 unspecified atom stereocenters. The summed E-state index contributed by atoms with van der Waals surface area (Å²) in [6, 6.07) is 15.5. The van der Waals surface area contributed by atoms with E-state index in [9.17, 15) is 34.7 Å². The number of β-amino-alcohol motifs (C(OH)–C–C–N with tert-alkyl or cyclic N) is 1. The topological polar surface area (TPSA) is 223 Å². The molecular weight excluding hydrogens is 970 g/mol. The van der Waals surface area contributed by atoms with Gasteiger partial charge in [0.15, 0.2) is 0 Å². The molecule has 392 valence electrons. The van der Waals surface area contributed by atoms with Gasteiger partial charge in [-0.15, -0.1) is 11.3 Å². The Balaban J connectivity index is 0.867. The normalized spacial score (nSPS) is 23.4. The maximum absolute atomic E-state index is 14.2. The minimum atomic E-state index is -1.02. The van der Waals surface area contributed by atoms with E-state index >= 15 is 0 Å². The standard InChI is InChI=1S/C54H70ClN9O8S/c1-31-25-62(43-18-16-37(24-57-43)47(68)61-50-53(7,8)51(54(50,9)10)72-39-17-15-36(23-56)40(55)22-39)26-32(2)63(31)19-20-71-29-44(67)60-46(52(4,5)6)49(70)64-27-38(66)21-42(64)48(69)59-41(28-65)34-11-13-35(14-12-34)45-33(3)58-30-73-45/h11-18,22,24,30-32,38,41-42,46,50-51,65-66H,19-21,25-29H2,1-10H3,(H,59,69)(H,60,67)(H,61,68)/t31-,32+,38-,41+,42+,46-,50?,51?/m1/s1. The maximum Gasteiger partial charge on any atom is 0.253 e. The number of benzene rings is 2. The first-order valence-electron chi connectivity index (χ1n) is 24.9. The van der Waals surface area contributed by atoms with Crippen LogP contribution in [-0.2, 0) is 19.1 Å². The van der Waals surface area contributed by atoms with Crippen molar-refractivity contribution in [3.8, 4) is 22.3 Å². The summed E-state index contributed by atoms with van der Waals surface area (Å²) in [5.74, 6) is -0.383. The van der Waals surface area contributed by atoms with Gasteiger partial charge in [-0.25, -0.2) is 9.97 Å². The van der Waals surface area contributed by atoms with Gasteiger partial charge < -0.3 is 45.4 Å². The maximum atomic E-state index is 14.2. The van der Waals surface area contributed by atoms with Crippen molar-refractivity contribution in [1.82, 2.24) is 35.7 Å². The third-order valence-electron chi connectivity index (χ3n) is 14.7. The average molecular weight is 1040 g/mol. The fourth-order valence-corrected chi connectivity index (χ4v) is 12.1. The summed E-state index contributed by atoms with van der Waals surface area (Å²) >= 11 is 7.80. The molecule has 2 saturated heterocycles. The molecule has 2 aromatic heterocycles. The van der Waals surface area contributed by atoms with E-state index in [1.165, 1.54) is 16.2 Å². The van der Waals surface area contributed by atoms with E-state index in [2.05, 4.69) is 78.3 Å². The summed E-state index contributed by atoms with van der Waals surface area (Å²) in [6.45, 7) is 21.3. The van der Waals surface area contributed by atoms with Crippen LogP contribution in [0.5, 0.6) is 5.75 Å². The van der Waals surface area contributed by atoms with E-state index in [0.717, 1.165) is 22.0 Å². The van der Waals surface area contributed by atoms with Gasteiger partial charge in [0, 0.05) is 73.8 Å². The number of aromatic nitrogens is 2. The molecule has 4 amide bonds. The Morgan fingerprint density at radius 2 is 1.66 bits per heavy atom. The lowest BCUT2D eigenvalue weighted by molar-refractivity contribution is -0.164. The Hall–Kier alpha value is -5.68. The van der Waals surface area contributed by atoms with Crippen LogP contribution in [0.4, 0.5) is 5.82 Å². The van der Waals surface area contributed by atoms with Crippen LogP contribution in [0.15, 0.2) is 66.3 Å². The van der Waals surface area contributed by atoms with Gasteiger partial charge in [0.2, 0.25) is 17.7 Å². The quantitative estimate of drug-likeness (QED) is 0.0778. The van der Waals surface area contributed by atoms with E-state index in [1.54, 1.807) is 36.0 Å². The van der Waals surface area contributed by atoms with Crippen molar-refractivity contribution in [2.24, 2.45) is 16.2 Å². The Bertz CT molecular complexity index is 2640. The van der Waals surface area contributed by atoms with Gasteiger partial charge in [-0.2, -0.15) is 5.26 Å². The summed E-state index contributed by atoms with van der Waals surface area (Å²) in [7, 11) is 0. The highest BCUT2D eigenvalue weighted by atomic mass is 35.5. The van der Waals surface area contributed by atoms with Crippen LogP contribution in [0, 0.1) is 34.5 Å². The highest BCUT2D eigenvalue weighted by Crippen LogP contribution is 2.55. The molecule has 0 radical (unpaired) electrons. The van der Waals surface area contributed by atoms with Gasteiger partial charge in [-0.3, -0.25) is 24.1 Å². The molecule has 5 N–H and O–H groups in total. The Labute approximate surface area is 437 Å². The second-order valence-electron chi connectivity index (χ2n) is 22.0. The summed E-state index contributed by atoms with van der Waals surface area (Å²) in [6.07, 6.45) is 0.441. The molecule has 1 aliphatic carbocycles. The lowest BCUT2D eigenvalue weighted by Crippen LogP contribution is -2.74. The highest BCUT2D eigenvalue weighted by molar-refractivity contribution is 7.13. The molecular formula is C54H70ClN9O8S. The predicted molar refractivity (Wildman–Crippen MR) is 280 cm³/mol. The first-order valence-corrected chi connectivity index (χ1v) is 26.1. The summed E-state index contributed by atoms with van der Waals surface area (Å²) < 4.78 is 12.3. The number of nitrogens with zero attached hydrogens (tertiary/aromatic N) is 6. The molecule has 1 saturated carbocycles. The van der Waals surface area contributed by atoms with Crippen molar-refractivity contribution in [3.63, 3.8) is 0 Å². The first kappa shape index (κ1) is 55.1. The molecule has 2 aromatic carbocycles. The van der Waals surface area contributed by atoms with Crippen LogP contribution < -0.4 is 25.6 Å². The minimum absolute atomic E-state index is 0.0110. The van der Waals surface area contributed by atoms with Gasteiger partial charge >= 0.3 is 0 Å². The number of anilines is 1. The summed E-state index contributed by atoms with van der Waals surface area (Å²) in [4.78, 5) is 70.9. The number of aliphatic hydroxyl groups excluding tert-OH is 2. The molecule has 4 aromatic rings. The number of carbonyl (C=O) groups excluding carboxylic acids is 4. The molecule has 3 aliphatic rings. The highest BCUT2D eigenvalue weighted by Gasteiger charge is 2.64. The van der Waals surface area contributed by atoms with Gasteiger partial charge in [0.25, 0.3) is 5.91 Å². The van der Waals surface area contributed by atoms with Gasteiger partial charge in [-0.1, -0.05) is 84.3 Å². The van der Waals surface area contributed by atoms with Crippen LogP contribution >= 0.6 is 22.9 Å². The smallest absolute Gasteiger partial charge is 0.253 e. The number of carbonyl (C=O) groups is 4. The monoisotopic (exact) mass is 1040 g/mol. The van der Waals surface area contributed by atoms with Crippen molar-refractivity contribution < 1.29 is 38.9 Å². The number of hydrogen-bond donors (Lipinski definition) is 5. The first-order chi connectivity index (χ1) is 34.4. The van der Waals surface area contributed by atoms with Crippen molar-refractivity contribution in [2.45, 2.75) is 124 Å². The fraction of sp³-hybridized carbons (Fsp3) is 0.537. The Kier molecular flexibility index (Phi) is 16.9. The molecule has 6 atom stereocenters. The number of thiazole rings is 1. The fourth-order valence-electron chi connectivity index (χ4n) is 11.1. The zero-order valence-electron chi connectivity index (χ0n) is 43.4. The van der Waals surface area contributed by atoms with Crippen LogP contribution in [0.25, 0.3) is 10.4 Å². The number of nitriles is 1. The number of amides is 4. The number of rotatable bonds is 17. The number of pyridine rings is 1. The van der Waals surface area contributed by atoms with E-state index < -0.39 is 58.2 Å². The van der Waals surface area contributed by atoms with Crippen LogP contribution in [-0.4, -0.2) is 142 Å². The number of nitrogens with one attached hydrogen (secondary N) is 3. The van der Waals surface area contributed by atoms with Gasteiger partial charge in [-0.05, 0) is 61.6 Å². The largest absolute Gasteiger partial charge is 0.489 e. The SMILES string of the molecule is Cc1ncsc1-c1ccc([C@H](CO)NC(=O)[C@@H]2C[C@@H](O)CN2C(=O)[C@@H](NC(=O)COCCN2[C@H](C)CN(c3ccc(C(=O)NC4C(C)(C)C(Oc5ccc(C#N)c(Cl)c5)C4(C)C)cn3)C[C@@H]2C)C(C)(C)C)cc1. The minimum Gasteiger partial charge on any atom is -0.489 e. The van der Waals surface area contributed by atoms with Crippen LogP contribution in [0.3, 0.4) is 0 Å². The van der Waals surface area contributed by atoms with Crippen molar-refractivity contribution >= 4 is 52.4 Å². The van der Waals surface area contributed by atoms with Crippen molar-refractivity contribution in [2.75, 3.05) is 50.9 Å². The number of halogens is 1. The lowest BCUT2D eigenvalue weighted by Gasteiger charge is -2.63. The summed E-state index contributed by atoms with van der Waals surface area (Å²) in [5, 5.41) is 39.6. The number of aryl methyl sites for hydroxylation is 1. The Morgan fingerprint density at radius 3 is 2.23 bits per heavy atom. The number of ether oxygens (including phenoxy) is 2. The zero-order chi connectivity index (χ0) is 53.2. The second kappa shape index (κ2) is 22.4. The van der Waals surface area contributed by atoms with Crippen LogP contribution in [0.2, 0.25) is 5.02 Å². The van der Waals surface area contributed by atoms with Crippen molar-refractivity contribution in [3.05, 3.63) is 93.7 Å². The van der Waals surface area contributed by atoms with Gasteiger partial charge in [0.1, 0.15) is 42.4 Å². The van der Waals surface area contributed by atoms with E-state index in [1.807, 2.05) is 58.0 Å². The molecule has 19 heteroatoms. The third-order valence-corrected chi connectivity index (χ3v) is 16.0. The van der Waals surface area contributed by atoms with E-state index in [0.29, 0.717) is 47.1 Å². The molecule has 0 spiro atoms.